The van der Waals surface area contributed by atoms with Crippen molar-refractivity contribution >= 4 is 28.8 Å². The van der Waals surface area contributed by atoms with Crippen molar-refractivity contribution in [1.82, 2.24) is 19.7 Å². The molecule has 5 rings (SSSR count). The topological polar surface area (TPSA) is 98.7 Å². The number of aldehydes is 1. The van der Waals surface area contributed by atoms with E-state index in [1.54, 1.807) is 24.3 Å². The van der Waals surface area contributed by atoms with Crippen LogP contribution >= 0.6 is 0 Å². The number of nitrogens with one attached hydrogen (secondary N) is 1. The summed E-state index contributed by atoms with van der Waals surface area (Å²) in [6.45, 7) is 0.637. The molecule has 0 fully saturated rings. The Labute approximate surface area is 186 Å². The van der Waals surface area contributed by atoms with Crippen LogP contribution in [0.4, 0.5) is 24.8 Å². The van der Waals surface area contributed by atoms with E-state index in [1.807, 2.05) is 37.3 Å². The zero-order chi connectivity index (χ0) is 23.4. The Morgan fingerprint density at radius 2 is 1.82 bits per heavy atom. The number of carbonyl (C=O) groups excluding carboxylic acids is 1. The summed E-state index contributed by atoms with van der Waals surface area (Å²) in [5.74, 6) is 0.570. The van der Waals surface area contributed by atoms with Gasteiger partial charge in [-0.1, -0.05) is 48.5 Å². The highest BCUT2D eigenvalue weighted by Gasteiger charge is 2.47. The molecule has 3 N–H and O–H groups in total. The summed E-state index contributed by atoms with van der Waals surface area (Å²) in [5, 5.41) is 7.74. The maximum absolute atomic E-state index is 13.1. The second-order valence-electron chi connectivity index (χ2n) is 8.12. The minimum Gasteiger partial charge on any atom is -0.383 e. The summed E-state index contributed by atoms with van der Waals surface area (Å²) in [6.07, 6.45) is -3.65. The first-order chi connectivity index (χ1) is 15.7. The molecule has 0 saturated heterocycles. The van der Waals surface area contributed by atoms with Crippen LogP contribution in [-0.2, 0) is 16.8 Å². The molecule has 10 heteroatoms. The molecule has 1 aliphatic rings. The second-order valence-corrected chi connectivity index (χ2v) is 8.12. The lowest BCUT2D eigenvalue weighted by Gasteiger charge is -2.29. The quantitative estimate of drug-likeness (QED) is 0.455. The van der Waals surface area contributed by atoms with Gasteiger partial charge in [-0.25, -0.2) is 9.97 Å². The van der Waals surface area contributed by atoms with E-state index >= 15 is 0 Å². The fourth-order valence-electron chi connectivity index (χ4n) is 4.51. The molecule has 2 aromatic carbocycles. The smallest absolute Gasteiger partial charge is 0.383 e. The standard InChI is InChI=1S/C23H19F3N6O/c1-22(13-7-3-2-4-8-13)16(11-33)28-20-17(22)19(27)29-21(30-20)18-14-9-5-6-10-15(14)32(31-18)12-23(24,25)26/h2-11,16H,12H2,1H3,(H3,27,28,29,30). The normalized spacial score (nSPS) is 19.9. The van der Waals surface area contributed by atoms with Crippen LogP contribution in [0, 0.1) is 0 Å². The van der Waals surface area contributed by atoms with Crippen molar-refractivity contribution in [3.63, 3.8) is 0 Å². The Balaban J connectivity index is 1.68. The number of hydrogen-bond donors (Lipinski definition) is 2. The van der Waals surface area contributed by atoms with E-state index in [2.05, 4.69) is 20.4 Å². The summed E-state index contributed by atoms with van der Waals surface area (Å²) >= 11 is 0. The van der Waals surface area contributed by atoms with Gasteiger partial charge in [-0.2, -0.15) is 18.3 Å². The van der Waals surface area contributed by atoms with Crippen LogP contribution < -0.4 is 11.1 Å². The van der Waals surface area contributed by atoms with Gasteiger partial charge in [0, 0.05) is 10.9 Å². The molecular formula is C23H19F3N6O. The average Bonchev–Trinajstić information content (AvgIpc) is 3.29. The van der Waals surface area contributed by atoms with Gasteiger partial charge in [-0.15, -0.1) is 0 Å². The van der Waals surface area contributed by atoms with Crippen LogP contribution in [0.25, 0.3) is 22.4 Å². The molecule has 1 aliphatic heterocycles. The SMILES string of the molecule is CC1(c2ccccc2)c2c(N)nc(-c3nn(CC(F)(F)F)c4ccccc34)nc2NC1C=O. The number of alkyl halides is 3. The van der Waals surface area contributed by atoms with Crippen LogP contribution in [0.15, 0.2) is 54.6 Å². The zero-order valence-electron chi connectivity index (χ0n) is 17.5. The van der Waals surface area contributed by atoms with E-state index in [1.165, 1.54) is 0 Å². The molecule has 168 valence electrons. The van der Waals surface area contributed by atoms with Crippen molar-refractivity contribution in [3.8, 4) is 11.5 Å². The lowest BCUT2D eigenvalue weighted by Crippen LogP contribution is -2.38. The molecule has 3 heterocycles. The van der Waals surface area contributed by atoms with Crippen molar-refractivity contribution in [2.45, 2.75) is 31.1 Å². The minimum atomic E-state index is -4.44. The van der Waals surface area contributed by atoms with Gasteiger partial charge in [0.1, 0.15) is 30.2 Å². The monoisotopic (exact) mass is 452 g/mol. The number of nitrogen functional groups attached to an aromatic ring is 1. The molecule has 4 aromatic rings. The highest BCUT2D eigenvalue weighted by atomic mass is 19.4. The molecule has 33 heavy (non-hydrogen) atoms. The number of nitrogens with zero attached hydrogens (tertiary/aromatic N) is 4. The molecule has 2 atom stereocenters. The van der Waals surface area contributed by atoms with Crippen LogP contribution in [0.1, 0.15) is 18.1 Å². The van der Waals surface area contributed by atoms with E-state index in [0.29, 0.717) is 22.3 Å². The van der Waals surface area contributed by atoms with Crippen LogP contribution in [0.3, 0.4) is 0 Å². The van der Waals surface area contributed by atoms with E-state index in [9.17, 15) is 18.0 Å². The van der Waals surface area contributed by atoms with Crippen molar-refractivity contribution < 1.29 is 18.0 Å². The first-order valence-electron chi connectivity index (χ1n) is 10.2. The van der Waals surface area contributed by atoms with Crippen LogP contribution in [-0.4, -0.2) is 38.3 Å². The van der Waals surface area contributed by atoms with Gasteiger partial charge < -0.3 is 15.8 Å². The molecule has 2 unspecified atom stereocenters. The number of halogens is 3. The van der Waals surface area contributed by atoms with E-state index < -0.39 is 24.2 Å². The summed E-state index contributed by atoms with van der Waals surface area (Å²) in [7, 11) is 0. The Morgan fingerprint density at radius 3 is 2.52 bits per heavy atom. The number of benzene rings is 2. The number of anilines is 2. The van der Waals surface area contributed by atoms with Gasteiger partial charge in [0.25, 0.3) is 0 Å². The number of aromatic nitrogens is 4. The number of carbonyl (C=O) groups is 1. The average molecular weight is 452 g/mol. The van der Waals surface area contributed by atoms with Gasteiger partial charge in [0.2, 0.25) is 0 Å². The van der Waals surface area contributed by atoms with E-state index in [4.69, 9.17) is 5.73 Å². The van der Waals surface area contributed by atoms with E-state index in [0.717, 1.165) is 16.5 Å². The lowest BCUT2D eigenvalue weighted by atomic mass is 9.73. The first-order valence-corrected chi connectivity index (χ1v) is 10.2. The lowest BCUT2D eigenvalue weighted by molar-refractivity contribution is -0.141. The number of fused-ring (bicyclic) bond motifs is 2. The Morgan fingerprint density at radius 1 is 1.12 bits per heavy atom. The Hall–Kier alpha value is -3.95. The molecule has 0 spiro atoms. The van der Waals surface area contributed by atoms with Gasteiger partial charge in [0.05, 0.1) is 17.0 Å². The predicted octanol–water partition coefficient (Wildman–Crippen LogP) is 3.94. The largest absolute Gasteiger partial charge is 0.408 e. The molecule has 0 aliphatic carbocycles. The van der Waals surface area contributed by atoms with Crippen LogP contribution in [0.5, 0.6) is 0 Å². The summed E-state index contributed by atoms with van der Waals surface area (Å²) in [6, 6.07) is 15.3. The molecule has 7 nitrogen and oxygen atoms in total. The fraction of sp³-hybridized carbons (Fsp3) is 0.217. The number of nitrogens with two attached hydrogens (primary N) is 1. The van der Waals surface area contributed by atoms with Crippen molar-refractivity contribution in [3.05, 3.63) is 65.7 Å². The highest BCUT2D eigenvalue weighted by molar-refractivity contribution is 5.92. The zero-order valence-corrected chi connectivity index (χ0v) is 17.5. The number of hydrogen-bond acceptors (Lipinski definition) is 6. The summed E-state index contributed by atoms with van der Waals surface area (Å²) < 4.78 is 40.2. The summed E-state index contributed by atoms with van der Waals surface area (Å²) in [5.41, 5.74) is 7.46. The van der Waals surface area contributed by atoms with Crippen molar-refractivity contribution in [2.24, 2.45) is 0 Å². The van der Waals surface area contributed by atoms with Gasteiger partial charge in [-0.05, 0) is 18.6 Å². The third kappa shape index (κ3) is 3.29. The third-order valence-electron chi connectivity index (χ3n) is 6.08. The molecule has 0 radical (unpaired) electrons. The molecule has 0 bridgehead atoms. The van der Waals surface area contributed by atoms with Crippen molar-refractivity contribution in [2.75, 3.05) is 11.1 Å². The third-order valence-corrected chi connectivity index (χ3v) is 6.08. The Bertz CT molecular complexity index is 1370. The summed E-state index contributed by atoms with van der Waals surface area (Å²) in [4.78, 5) is 20.9. The van der Waals surface area contributed by atoms with Gasteiger partial charge in [0.15, 0.2) is 5.82 Å². The molecule has 0 amide bonds. The number of rotatable bonds is 4. The molecular weight excluding hydrogens is 433 g/mol. The minimum absolute atomic E-state index is 0.0813. The molecule has 0 saturated carbocycles. The van der Waals surface area contributed by atoms with Gasteiger partial charge >= 0.3 is 6.18 Å². The first kappa shape index (κ1) is 20.9. The number of para-hydroxylation sites is 1. The fourth-order valence-corrected chi connectivity index (χ4v) is 4.51. The Kier molecular flexibility index (Phi) is 4.62. The second kappa shape index (κ2) is 7.29. The van der Waals surface area contributed by atoms with Gasteiger partial charge in [-0.3, -0.25) is 4.68 Å². The highest BCUT2D eigenvalue weighted by Crippen LogP contribution is 2.47. The maximum atomic E-state index is 13.1. The van der Waals surface area contributed by atoms with Crippen LogP contribution in [0.2, 0.25) is 0 Å². The predicted molar refractivity (Wildman–Crippen MR) is 118 cm³/mol. The van der Waals surface area contributed by atoms with E-state index in [-0.39, 0.29) is 17.3 Å². The molecule has 2 aromatic heterocycles. The maximum Gasteiger partial charge on any atom is 0.408 e. The van der Waals surface area contributed by atoms with Crippen molar-refractivity contribution in [1.29, 1.82) is 0 Å².